The Morgan fingerprint density at radius 2 is 1.76 bits per heavy atom. The third-order valence-corrected chi connectivity index (χ3v) is 6.66. The van der Waals surface area contributed by atoms with Crippen LogP contribution >= 0.6 is 23.1 Å². The van der Waals surface area contributed by atoms with Crippen molar-refractivity contribution in [3.8, 4) is 10.7 Å². The highest BCUT2D eigenvalue weighted by atomic mass is 32.2. The molecule has 0 radical (unpaired) electrons. The van der Waals surface area contributed by atoms with Crippen molar-refractivity contribution in [1.29, 1.82) is 0 Å². The van der Waals surface area contributed by atoms with Gasteiger partial charge in [-0.05, 0) is 49.4 Å². The summed E-state index contributed by atoms with van der Waals surface area (Å²) >= 11 is 3.07. The summed E-state index contributed by atoms with van der Waals surface area (Å²) in [5.41, 5.74) is 3.89. The second-order valence-electron chi connectivity index (χ2n) is 6.86. The van der Waals surface area contributed by atoms with Crippen LogP contribution in [0.5, 0.6) is 0 Å². The van der Waals surface area contributed by atoms with E-state index in [-0.39, 0.29) is 11.2 Å². The minimum atomic E-state index is -0.302. The van der Waals surface area contributed by atoms with Gasteiger partial charge in [-0.3, -0.25) is 4.79 Å². The number of aromatic nitrogens is 2. The number of fused-ring (bicyclic) bond motifs is 1. The van der Waals surface area contributed by atoms with E-state index >= 15 is 0 Å². The van der Waals surface area contributed by atoms with Crippen LogP contribution < -0.4 is 5.32 Å². The van der Waals surface area contributed by atoms with Gasteiger partial charge in [0, 0.05) is 11.1 Å². The molecule has 0 saturated heterocycles. The van der Waals surface area contributed by atoms with Gasteiger partial charge < -0.3 is 5.32 Å². The Bertz CT molecular complexity index is 1150. The van der Waals surface area contributed by atoms with E-state index in [1.165, 1.54) is 11.8 Å². The second kappa shape index (κ2) is 8.35. The van der Waals surface area contributed by atoms with Gasteiger partial charge in [-0.15, -0.1) is 11.3 Å². The maximum absolute atomic E-state index is 12.9. The fourth-order valence-corrected chi connectivity index (χ4v) is 4.71. The van der Waals surface area contributed by atoms with Gasteiger partial charge in [-0.25, -0.2) is 9.97 Å². The average molecular weight is 420 g/mol. The zero-order chi connectivity index (χ0) is 20.4. The fraction of sp³-hybridized carbons (Fsp3) is 0.174. The molecule has 0 unspecified atom stereocenters. The summed E-state index contributed by atoms with van der Waals surface area (Å²) in [5.74, 6) is 0.663. The van der Waals surface area contributed by atoms with Gasteiger partial charge in [0.05, 0.1) is 15.6 Å². The van der Waals surface area contributed by atoms with Crippen molar-refractivity contribution in [1.82, 2.24) is 9.97 Å². The van der Waals surface area contributed by atoms with Crippen molar-refractivity contribution in [2.24, 2.45) is 0 Å². The zero-order valence-corrected chi connectivity index (χ0v) is 18.1. The van der Waals surface area contributed by atoms with Crippen molar-refractivity contribution in [2.75, 3.05) is 5.32 Å². The molecule has 4 nitrogen and oxygen atoms in total. The fourth-order valence-electron chi connectivity index (χ4n) is 3.11. The van der Waals surface area contributed by atoms with Crippen molar-refractivity contribution >= 4 is 45.6 Å². The number of nitrogens with one attached hydrogen (secondary N) is 1. The van der Waals surface area contributed by atoms with Gasteiger partial charge in [0.1, 0.15) is 5.03 Å². The summed E-state index contributed by atoms with van der Waals surface area (Å²) in [6, 6.07) is 18.0. The molecule has 0 bridgehead atoms. The number of aryl methyl sites for hydroxylation is 2. The van der Waals surface area contributed by atoms with Crippen LogP contribution in [0.2, 0.25) is 0 Å². The summed E-state index contributed by atoms with van der Waals surface area (Å²) in [7, 11) is 0. The number of thioether (sulfide) groups is 1. The van der Waals surface area contributed by atoms with Gasteiger partial charge in [0.15, 0.2) is 5.82 Å². The maximum Gasteiger partial charge on any atom is 0.237 e. The predicted octanol–water partition coefficient (Wildman–Crippen LogP) is 6.09. The number of para-hydroxylation sites is 2. The van der Waals surface area contributed by atoms with E-state index in [9.17, 15) is 4.79 Å². The van der Waals surface area contributed by atoms with Crippen molar-refractivity contribution < 1.29 is 4.79 Å². The van der Waals surface area contributed by atoms with E-state index in [0.29, 0.717) is 5.82 Å². The molecular formula is C23H21N3OS2. The first kappa shape index (κ1) is 19.6. The Hall–Kier alpha value is -2.70. The number of amides is 1. The monoisotopic (exact) mass is 419 g/mol. The number of nitrogens with zero attached hydrogens (tertiary/aromatic N) is 2. The lowest BCUT2D eigenvalue weighted by Gasteiger charge is -2.16. The van der Waals surface area contributed by atoms with Crippen LogP contribution in [0.3, 0.4) is 0 Å². The molecule has 4 rings (SSSR count). The highest BCUT2D eigenvalue weighted by Gasteiger charge is 2.19. The third kappa shape index (κ3) is 4.18. The first-order valence-corrected chi connectivity index (χ1v) is 11.1. The molecule has 0 aliphatic heterocycles. The Morgan fingerprint density at radius 3 is 2.48 bits per heavy atom. The van der Waals surface area contributed by atoms with Crippen LogP contribution in [0.1, 0.15) is 18.1 Å². The van der Waals surface area contributed by atoms with Gasteiger partial charge in [0.2, 0.25) is 5.91 Å². The quantitative estimate of drug-likeness (QED) is 0.314. The lowest BCUT2D eigenvalue weighted by molar-refractivity contribution is -0.115. The standard InChI is InChI=1S/C23H21N3OS2/c1-14-8-6-9-15(2)20(14)25-22(27)16(3)29-23-17-10-4-5-11-18(17)24-21(26-23)19-12-7-13-28-19/h4-13,16H,1-3H3,(H,25,27)/t16-/m1/s1. The molecule has 1 amide bonds. The third-order valence-electron chi connectivity index (χ3n) is 4.70. The molecule has 0 spiro atoms. The van der Waals surface area contributed by atoms with E-state index in [1.54, 1.807) is 11.3 Å². The number of carbonyl (C=O) groups excluding carboxylic acids is 1. The highest BCUT2D eigenvalue weighted by molar-refractivity contribution is 8.00. The minimum absolute atomic E-state index is 0.0345. The topological polar surface area (TPSA) is 54.9 Å². The highest BCUT2D eigenvalue weighted by Crippen LogP contribution is 2.32. The predicted molar refractivity (Wildman–Crippen MR) is 123 cm³/mol. The number of rotatable bonds is 5. The molecule has 2 aromatic carbocycles. The number of carbonyl (C=O) groups is 1. The Kier molecular flexibility index (Phi) is 5.65. The van der Waals surface area contributed by atoms with E-state index in [4.69, 9.17) is 9.97 Å². The van der Waals surface area contributed by atoms with Gasteiger partial charge in [-0.1, -0.05) is 54.2 Å². The molecule has 0 saturated carbocycles. The summed E-state index contributed by atoms with van der Waals surface area (Å²) in [4.78, 5) is 23.4. The number of hydrogen-bond acceptors (Lipinski definition) is 5. The smallest absolute Gasteiger partial charge is 0.237 e. The summed E-state index contributed by atoms with van der Waals surface area (Å²) in [5, 5.41) is 6.59. The largest absolute Gasteiger partial charge is 0.325 e. The molecule has 0 fully saturated rings. The maximum atomic E-state index is 12.9. The summed E-state index contributed by atoms with van der Waals surface area (Å²) < 4.78 is 0. The van der Waals surface area contributed by atoms with E-state index < -0.39 is 0 Å². The van der Waals surface area contributed by atoms with Crippen LogP contribution in [0.4, 0.5) is 5.69 Å². The second-order valence-corrected chi connectivity index (χ2v) is 9.14. The molecule has 2 aromatic heterocycles. The first-order chi connectivity index (χ1) is 14.0. The van der Waals surface area contributed by atoms with Gasteiger partial charge in [0.25, 0.3) is 0 Å². The van der Waals surface area contributed by atoms with Gasteiger partial charge in [-0.2, -0.15) is 0 Å². The van der Waals surface area contributed by atoms with Crippen LogP contribution in [0.15, 0.2) is 65.0 Å². The van der Waals surface area contributed by atoms with Crippen LogP contribution in [0, 0.1) is 13.8 Å². The van der Waals surface area contributed by atoms with E-state index in [0.717, 1.165) is 37.6 Å². The van der Waals surface area contributed by atoms with Crippen LogP contribution in [-0.4, -0.2) is 21.1 Å². The summed E-state index contributed by atoms with van der Waals surface area (Å²) in [6.07, 6.45) is 0. The molecule has 6 heteroatoms. The zero-order valence-electron chi connectivity index (χ0n) is 16.5. The number of benzene rings is 2. The van der Waals surface area contributed by atoms with E-state index in [1.807, 2.05) is 80.7 Å². The molecule has 29 heavy (non-hydrogen) atoms. The molecule has 146 valence electrons. The van der Waals surface area contributed by atoms with Crippen LogP contribution in [-0.2, 0) is 4.79 Å². The molecule has 0 aliphatic rings. The minimum Gasteiger partial charge on any atom is -0.325 e. The Balaban J connectivity index is 1.63. The summed E-state index contributed by atoms with van der Waals surface area (Å²) in [6.45, 7) is 5.92. The molecule has 4 aromatic rings. The molecule has 1 atom stereocenters. The lowest BCUT2D eigenvalue weighted by Crippen LogP contribution is -2.23. The number of hydrogen-bond donors (Lipinski definition) is 1. The van der Waals surface area contributed by atoms with Gasteiger partial charge >= 0.3 is 0 Å². The van der Waals surface area contributed by atoms with Crippen LogP contribution in [0.25, 0.3) is 21.6 Å². The molecular weight excluding hydrogens is 398 g/mol. The normalized spacial score (nSPS) is 12.1. The Morgan fingerprint density at radius 1 is 1.00 bits per heavy atom. The average Bonchev–Trinajstić information content (AvgIpc) is 3.25. The Labute approximate surface area is 178 Å². The van der Waals surface area contributed by atoms with Crippen molar-refractivity contribution in [2.45, 2.75) is 31.0 Å². The van der Waals surface area contributed by atoms with Crippen molar-refractivity contribution in [3.05, 3.63) is 71.1 Å². The lowest BCUT2D eigenvalue weighted by atomic mass is 10.1. The first-order valence-electron chi connectivity index (χ1n) is 9.37. The molecule has 0 aliphatic carbocycles. The number of anilines is 1. The van der Waals surface area contributed by atoms with E-state index in [2.05, 4.69) is 5.32 Å². The molecule has 2 heterocycles. The number of thiophene rings is 1. The van der Waals surface area contributed by atoms with Crippen molar-refractivity contribution in [3.63, 3.8) is 0 Å². The molecule has 1 N–H and O–H groups in total. The SMILES string of the molecule is Cc1cccc(C)c1NC(=O)[C@@H](C)Sc1nc(-c2cccs2)nc2ccccc12.